The molecule has 0 fully saturated rings. The van der Waals surface area contributed by atoms with E-state index in [1.165, 1.54) is 6.08 Å². The zero-order valence-corrected chi connectivity index (χ0v) is 19.8. The van der Waals surface area contributed by atoms with E-state index in [-0.39, 0.29) is 18.9 Å². The molecule has 0 spiro atoms. The molecule has 0 radical (unpaired) electrons. The molecule has 0 bridgehead atoms. The number of carbonyl (C=O) groups excluding carboxylic acids is 2. The summed E-state index contributed by atoms with van der Waals surface area (Å²) in [7, 11) is -1.74. The smallest absolute Gasteiger partial charge is 0.426 e. The molecule has 0 aliphatic carbocycles. The van der Waals surface area contributed by atoms with E-state index >= 15 is 0 Å². The minimum Gasteiger partial charge on any atom is -0.426 e. The first-order valence-corrected chi connectivity index (χ1v) is 11.4. The summed E-state index contributed by atoms with van der Waals surface area (Å²) >= 11 is 0. The van der Waals surface area contributed by atoms with E-state index in [4.69, 9.17) is 5.41 Å². The van der Waals surface area contributed by atoms with Crippen LogP contribution in [0, 0.1) is 21.4 Å². The third-order valence-electron chi connectivity index (χ3n) is 4.71. The lowest BCUT2D eigenvalue weighted by Crippen LogP contribution is -2.54. The Morgan fingerprint density at radius 1 is 1.15 bits per heavy atom. The molecule has 0 heterocycles. The van der Waals surface area contributed by atoms with Crippen molar-refractivity contribution >= 4 is 24.9 Å². The van der Waals surface area contributed by atoms with Crippen molar-refractivity contribution in [2.45, 2.75) is 84.1 Å². The van der Waals surface area contributed by atoms with Gasteiger partial charge in [-0.1, -0.05) is 51.5 Å². The van der Waals surface area contributed by atoms with Gasteiger partial charge >= 0.3 is 7.12 Å². The average molecular weight is 470 g/mol. The maximum absolute atomic E-state index is 12.8. The van der Waals surface area contributed by atoms with Gasteiger partial charge in [-0.2, -0.15) is 0 Å². The van der Waals surface area contributed by atoms with Crippen molar-refractivity contribution in [3.63, 3.8) is 0 Å². The molecule has 0 aromatic rings. The molecule has 2 amide bonds. The molecule has 13 heteroatoms. The first-order valence-electron chi connectivity index (χ1n) is 11.4. The second kappa shape index (κ2) is 17.8. The fourth-order valence-corrected chi connectivity index (χ4v) is 3.06. The highest BCUT2D eigenvalue weighted by Gasteiger charge is 2.29. The van der Waals surface area contributed by atoms with Crippen LogP contribution in [0.5, 0.6) is 0 Å². The molecule has 33 heavy (non-hydrogen) atoms. The zero-order chi connectivity index (χ0) is 25.2. The van der Waals surface area contributed by atoms with Crippen LogP contribution in [0.4, 0.5) is 0 Å². The van der Waals surface area contributed by atoms with Gasteiger partial charge in [0, 0.05) is 6.54 Å². The molecule has 12 nitrogen and oxygen atoms in total. The van der Waals surface area contributed by atoms with Crippen LogP contribution in [0.2, 0.25) is 0 Å². The maximum atomic E-state index is 12.8. The highest BCUT2D eigenvalue weighted by Crippen LogP contribution is 2.07. The minimum absolute atomic E-state index is 0.102. The van der Waals surface area contributed by atoms with Crippen molar-refractivity contribution in [1.29, 1.82) is 5.41 Å². The van der Waals surface area contributed by atoms with Crippen LogP contribution in [0.25, 0.3) is 0 Å². The van der Waals surface area contributed by atoms with Gasteiger partial charge in [-0.25, -0.2) is 10.1 Å². The largest absolute Gasteiger partial charge is 0.475 e. The van der Waals surface area contributed by atoms with Gasteiger partial charge in [0.1, 0.15) is 6.04 Å². The lowest BCUT2D eigenvalue weighted by Gasteiger charge is -2.24. The standard InChI is InChI=1S/C20H39BN6O6/c1-4-5-6-7-8-9-12-18(28)24-16(11-10-13-23-20(22)26-27(32)33)19(29)25-17(21(30)31)14-15(2)3/h9,12,15-17,30-31H,4-8,10-11,13-14H2,1-3H3,(H,24,28)(H,25,29)(H3,22,23,26)/t16-,17-/m0/s1. The van der Waals surface area contributed by atoms with Gasteiger partial charge in [-0.3, -0.25) is 15.0 Å². The monoisotopic (exact) mass is 470 g/mol. The summed E-state index contributed by atoms with van der Waals surface area (Å²) in [6.45, 7) is 6.04. The van der Waals surface area contributed by atoms with Crippen molar-refractivity contribution in [3.05, 3.63) is 22.3 Å². The van der Waals surface area contributed by atoms with E-state index in [0.29, 0.717) is 12.8 Å². The Kier molecular flexibility index (Phi) is 16.4. The molecular weight excluding hydrogens is 431 g/mol. The minimum atomic E-state index is -1.74. The second-order valence-corrected chi connectivity index (χ2v) is 8.28. The van der Waals surface area contributed by atoms with Gasteiger partial charge < -0.3 is 26.0 Å². The Hall–Kier alpha value is -2.67. The van der Waals surface area contributed by atoms with E-state index in [2.05, 4.69) is 22.9 Å². The topological polar surface area (TPSA) is 190 Å². The third kappa shape index (κ3) is 16.6. The van der Waals surface area contributed by atoms with E-state index in [1.54, 1.807) is 11.5 Å². The Labute approximate surface area is 195 Å². The second-order valence-electron chi connectivity index (χ2n) is 8.28. The molecule has 0 aromatic carbocycles. The summed E-state index contributed by atoms with van der Waals surface area (Å²) in [6.07, 6.45) is 9.05. The summed E-state index contributed by atoms with van der Waals surface area (Å²) in [5.41, 5.74) is 1.66. The number of nitrogens with zero attached hydrogens (tertiary/aromatic N) is 1. The molecule has 2 atom stereocenters. The number of hydrogen-bond acceptors (Lipinski definition) is 7. The predicted octanol–water partition coefficient (Wildman–Crippen LogP) is 0.627. The first-order chi connectivity index (χ1) is 15.6. The normalized spacial score (nSPS) is 12.8. The highest BCUT2D eigenvalue weighted by molar-refractivity contribution is 6.43. The zero-order valence-electron chi connectivity index (χ0n) is 19.8. The summed E-state index contributed by atoms with van der Waals surface area (Å²) in [4.78, 5) is 35.4. The molecule has 0 aliphatic rings. The summed E-state index contributed by atoms with van der Waals surface area (Å²) in [6, 6.07) is -0.949. The summed E-state index contributed by atoms with van der Waals surface area (Å²) in [5.74, 6) is -2.27. The molecule has 0 aromatic heterocycles. The van der Waals surface area contributed by atoms with Crippen LogP contribution >= 0.6 is 0 Å². The van der Waals surface area contributed by atoms with Crippen molar-refractivity contribution < 1.29 is 24.7 Å². The number of hydrogen-bond donors (Lipinski definition) is 7. The number of carbonyl (C=O) groups is 2. The van der Waals surface area contributed by atoms with Gasteiger partial charge in [0.05, 0.1) is 5.94 Å². The van der Waals surface area contributed by atoms with Crippen molar-refractivity contribution in [2.75, 3.05) is 6.54 Å². The molecule has 0 saturated carbocycles. The number of guanidine groups is 1. The predicted molar refractivity (Wildman–Crippen MR) is 127 cm³/mol. The molecule has 188 valence electrons. The van der Waals surface area contributed by atoms with E-state index < -0.39 is 41.9 Å². The Balaban J connectivity index is 4.93. The van der Waals surface area contributed by atoms with Crippen LogP contribution in [-0.2, 0) is 9.59 Å². The van der Waals surface area contributed by atoms with Gasteiger partial charge in [0.25, 0.3) is 5.96 Å². The molecule has 0 aliphatic heterocycles. The van der Waals surface area contributed by atoms with Crippen LogP contribution in [0.1, 0.15) is 72.1 Å². The van der Waals surface area contributed by atoms with E-state index in [1.807, 2.05) is 13.8 Å². The lowest BCUT2D eigenvalue weighted by molar-refractivity contribution is -0.525. The first kappa shape index (κ1) is 30.3. The summed E-state index contributed by atoms with van der Waals surface area (Å²) < 4.78 is 0. The van der Waals surface area contributed by atoms with Gasteiger partial charge in [-0.05, 0) is 44.1 Å². The molecule has 0 rings (SSSR count). The van der Waals surface area contributed by atoms with Gasteiger partial charge in [-0.15, -0.1) is 0 Å². The number of amides is 2. The fourth-order valence-electron chi connectivity index (χ4n) is 3.06. The number of rotatable bonds is 17. The van der Waals surface area contributed by atoms with Crippen LogP contribution in [0.15, 0.2) is 12.2 Å². The van der Waals surface area contributed by atoms with Crippen LogP contribution in [-0.4, -0.2) is 58.5 Å². The lowest BCUT2D eigenvalue weighted by atomic mass is 9.75. The molecule has 0 unspecified atom stereocenters. The van der Waals surface area contributed by atoms with E-state index in [9.17, 15) is 29.8 Å². The molecular formula is C20H39BN6O6. The fraction of sp³-hybridized carbons (Fsp3) is 0.750. The Morgan fingerprint density at radius 2 is 1.85 bits per heavy atom. The summed E-state index contributed by atoms with van der Waals surface area (Å²) in [5, 5.41) is 43.7. The number of unbranched alkanes of at least 4 members (excludes halogenated alkanes) is 4. The number of nitrogens with one attached hydrogen (secondary N) is 5. The average Bonchev–Trinajstić information content (AvgIpc) is 2.71. The third-order valence-corrected chi connectivity index (χ3v) is 4.71. The van der Waals surface area contributed by atoms with Gasteiger partial charge in [0.15, 0.2) is 5.03 Å². The maximum Gasteiger partial charge on any atom is 0.475 e. The Bertz CT molecular complexity index is 647. The number of nitro groups is 1. The van der Waals surface area contributed by atoms with E-state index in [0.717, 1.165) is 32.1 Å². The van der Waals surface area contributed by atoms with Crippen molar-refractivity contribution in [2.24, 2.45) is 5.92 Å². The number of allylic oxidation sites excluding steroid dienone is 1. The van der Waals surface area contributed by atoms with Crippen molar-refractivity contribution in [3.8, 4) is 0 Å². The van der Waals surface area contributed by atoms with Crippen molar-refractivity contribution in [1.82, 2.24) is 21.4 Å². The van der Waals surface area contributed by atoms with Crippen LogP contribution < -0.4 is 21.4 Å². The quantitative estimate of drug-likeness (QED) is 0.0306. The number of hydrazine groups is 1. The molecule has 0 saturated heterocycles. The molecule has 7 N–H and O–H groups in total. The Morgan fingerprint density at radius 3 is 2.42 bits per heavy atom. The van der Waals surface area contributed by atoms with Gasteiger partial charge in [0.2, 0.25) is 11.8 Å². The highest BCUT2D eigenvalue weighted by atomic mass is 16.7. The SMILES string of the molecule is CCCCCCC=CC(=O)N[C@@H](CCCNC(=N)N[N+](=O)[O-])C(=O)N[C@@H](CC(C)C)B(O)O. The van der Waals surface area contributed by atoms with Crippen LogP contribution in [0.3, 0.4) is 0 Å².